The molecule has 0 amide bonds. The SMILES string of the molecule is CCOC(=O)C1=C(C)N=c2s/c(=C\c3c(O)ccc4ccccc34)c(=O)n2[C@@H]1c1ccc(Cl)cc1. The quantitative estimate of drug-likeness (QED) is 0.420. The van der Waals surface area contributed by atoms with Crippen LogP contribution >= 0.6 is 22.9 Å². The van der Waals surface area contributed by atoms with Crippen LogP contribution in [-0.2, 0) is 9.53 Å². The van der Waals surface area contributed by atoms with Gasteiger partial charge in [0.1, 0.15) is 5.75 Å². The normalized spacial score (nSPS) is 15.7. The van der Waals surface area contributed by atoms with E-state index in [1.807, 2.05) is 30.3 Å². The predicted molar refractivity (Wildman–Crippen MR) is 137 cm³/mol. The monoisotopic (exact) mass is 504 g/mol. The maximum Gasteiger partial charge on any atom is 0.338 e. The Morgan fingerprint density at radius 2 is 1.91 bits per heavy atom. The summed E-state index contributed by atoms with van der Waals surface area (Å²) in [6.07, 6.45) is 1.68. The largest absolute Gasteiger partial charge is 0.507 e. The number of hydrogen-bond donors (Lipinski definition) is 1. The number of rotatable bonds is 4. The van der Waals surface area contributed by atoms with Gasteiger partial charge in [-0.25, -0.2) is 9.79 Å². The van der Waals surface area contributed by atoms with Crippen molar-refractivity contribution in [1.82, 2.24) is 4.57 Å². The maximum absolute atomic E-state index is 13.7. The minimum Gasteiger partial charge on any atom is -0.507 e. The summed E-state index contributed by atoms with van der Waals surface area (Å²) in [4.78, 5) is 31.7. The molecule has 0 bridgehead atoms. The van der Waals surface area contributed by atoms with Crippen molar-refractivity contribution in [3.05, 3.63) is 108 Å². The van der Waals surface area contributed by atoms with E-state index < -0.39 is 12.0 Å². The van der Waals surface area contributed by atoms with Gasteiger partial charge < -0.3 is 9.84 Å². The lowest BCUT2D eigenvalue weighted by molar-refractivity contribution is -0.139. The van der Waals surface area contributed by atoms with Crippen LogP contribution in [0.15, 0.2) is 81.7 Å². The first-order valence-electron chi connectivity index (χ1n) is 11.0. The molecule has 1 aliphatic rings. The van der Waals surface area contributed by atoms with E-state index in [1.165, 1.54) is 15.9 Å². The first-order valence-corrected chi connectivity index (χ1v) is 12.2. The predicted octanol–water partition coefficient (Wildman–Crippen LogP) is 4.31. The number of fused-ring (bicyclic) bond motifs is 2. The van der Waals surface area contributed by atoms with Gasteiger partial charge in [0, 0.05) is 10.6 Å². The summed E-state index contributed by atoms with van der Waals surface area (Å²) in [5.74, 6) is -0.443. The third kappa shape index (κ3) is 4.07. The Bertz CT molecular complexity index is 1680. The molecule has 0 saturated carbocycles. The zero-order chi connectivity index (χ0) is 24.7. The van der Waals surface area contributed by atoms with Crippen molar-refractivity contribution >= 4 is 45.8 Å². The Morgan fingerprint density at radius 3 is 2.66 bits per heavy atom. The molecule has 1 atom stereocenters. The summed E-state index contributed by atoms with van der Waals surface area (Å²) in [6, 6.07) is 17.4. The van der Waals surface area contributed by atoms with Gasteiger partial charge in [-0.3, -0.25) is 9.36 Å². The molecule has 0 radical (unpaired) electrons. The number of carbonyl (C=O) groups is 1. The molecule has 0 aliphatic carbocycles. The highest BCUT2D eigenvalue weighted by molar-refractivity contribution is 7.07. The minimum atomic E-state index is -0.717. The summed E-state index contributed by atoms with van der Waals surface area (Å²) in [6.45, 7) is 3.67. The second-order valence-electron chi connectivity index (χ2n) is 8.07. The fraction of sp³-hybridized carbons (Fsp3) is 0.148. The van der Waals surface area contributed by atoms with Crippen LogP contribution in [-0.4, -0.2) is 22.2 Å². The van der Waals surface area contributed by atoms with Crippen LogP contribution in [0.25, 0.3) is 16.8 Å². The van der Waals surface area contributed by atoms with Gasteiger partial charge in [-0.15, -0.1) is 0 Å². The van der Waals surface area contributed by atoms with Crippen LogP contribution in [0.1, 0.15) is 31.0 Å². The van der Waals surface area contributed by atoms with Crippen LogP contribution in [0.5, 0.6) is 5.75 Å². The van der Waals surface area contributed by atoms with E-state index in [0.29, 0.717) is 36.8 Å². The summed E-state index contributed by atoms with van der Waals surface area (Å²) in [7, 11) is 0. The smallest absolute Gasteiger partial charge is 0.338 e. The molecule has 2 heterocycles. The minimum absolute atomic E-state index is 0.0761. The second-order valence-corrected chi connectivity index (χ2v) is 9.52. The van der Waals surface area contributed by atoms with E-state index in [2.05, 4.69) is 4.99 Å². The number of carbonyl (C=O) groups excluding carboxylic acids is 1. The zero-order valence-electron chi connectivity index (χ0n) is 19.0. The number of aromatic nitrogens is 1. The lowest BCUT2D eigenvalue weighted by atomic mass is 9.96. The molecular formula is C27H21ClN2O4S. The Labute approximate surface area is 209 Å². The molecule has 0 unspecified atom stereocenters. The zero-order valence-corrected chi connectivity index (χ0v) is 20.6. The second kappa shape index (κ2) is 9.17. The molecule has 5 rings (SSSR count). The Kier molecular flexibility index (Phi) is 6.05. The number of thiazole rings is 1. The number of aromatic hydroxyl groups is 1. The van der Waals surface area contributed by atoms with Crippen molar-refractivity contribution in [2.45, 2.75) is 19.9 Å². The Hall–Kier alpha value is -3.68. The van der Waals surface area contributed by atoms with Crippen molar-refractivity contribution < 1.29 is 14.6 Å². The van der Waals surface area contributed by atoms with Gasteiger partial charge in [-0.05, 0) is 54.5 Å². The number of benzene rings is 3. The van der Waals surface area contributed by atoms with Crippen LogP contribution in [0, 0.1) is 0 Å². The van der Waals surface area contributed by atoms with Gasteiger partial charge in [0.05, 0.1) is 28.5 Å². The first kappa shape index (κ1) is 23.1. The highest BCUT2D eigenvalue weighted by atomic mass is 35.5. The van der Waals surface area contributed by atoms with Gasteiger partial charge in [0.15, 0.2) is 4.80 Å². The molecule has 1 aliphatic heterocycles. The number of halogens is 1. The molecule has 35 heavy (non-hydrogen) atoms. The number of hydrogen-bond acceptors (Lipinski definition) is 6. The molecular weight excluding hydrogens is 484 g/mol. The molecule has 8 heteroatoms. The molecule has 3 aromatic carbocycles. The lowest BCUT2D eigenvalue weighted by Gasteiger charge is -2.24. The van der Waals surface area contributed by atoms with Crippen molar-refractivity contribution in [2.75, 3.05) is 6.61 Å². The summed E-state index contributed by atoms with van der Waals surface area (Å²) in [5.41, 5.74) is 1.76. The molecule has 1 N–H and O–H groups in total. The molecule has 4 aromatic rings. The highest BCUT2D eigenvalue weighted by Crippen LogP contribution is 2.32. The van der Waals surface area contributed by atoms with Gasteiger partial charge in [-0.2, -0.15) is 0 Å². The lowest BCUT2D eigenvalue weighted by Crippen LogP contribution is -2.39. The Balaban J connectivity index is 1.77. The summed E-state index contributed by atoms with van der Waals surface area (Å²) < 4.78 is 7.22. The Morgan fingerprint density at radius 1 is 1.17 bits per heavy atom. The van der Waals surface area contributed by atoms with Crippen LogP contribution in [0.2, 0.25) is 5.02 Å². The van der Waals surface area contributed by atoms with Crippen LogP contribution < -0.4 is 14.9 Å². The van der Waals surface area contributed by atoms with Crippen LogP contribution in [0.3, 0.4) is 0 Å². The molecule has 0 saturated heterocycles. The van der Waals surface area contributed by atoms with Gasteiger partial charge in [-0.1, -0.05) is 65.4 Å². The maximum atomic E-state index is 13.7. The van der Waals surface area contributed by atoms with E-state index in [-0.39, 0.29) is 17.9 Å². The van der Waals surface area contributed by atoms with Crippen molar-refractivity contribution in [1.29, 1.82) is 0 Å². The number of ether oxygens (including phenoxy) is 1. The number of nitrogens with zero attached hydrogens (tertiary/aromatic N) is 2. The average Bonchev–Trinajstić information content (AvgIpc) is 3.15. The van der Waals surface area contributed by atoms with E-state index in [1.54, 1.807) is 50.3 Å². The first-order chi connectivity index (χ1) is 16.9. The molecule has 6 nitrogen and oxygen atoms in total. The number of phenolic OH excluding ortho intramolecular Hbond substituents is 1. The fourth-order valence-electron chi connectivity index (χ4n) is 4.32. The van der Waals surface area contributed by atoms with Crippen molar-refractivity contribution in [3.63, 3.8) is 0 Å². The van der Waals surface area contributed by atoms with E-state index >= 15 is 0 Å². The van der Waals surface area contributed by atoms with E-state index in [4.69, 9.17) is 16.3 Å². The molecule has 0 spiro atoms. The molecule has 176 valence electrons. The number of phenols is 1. The number of allylic oxidation sites excluding steroid dienone is 1. The van der Waals surface area contributed by atoms with Gasteiger partial charge >= 0.3 is 5.97 Å². The van der Waals surface area contributed by atoms with Crippen LogP contribution in [0.4, 0.5) is 0 Å². The highest BCUT2D eigenvalue weighted by Gasteiger charge is 2.33. The topological polar surface area (TPSA) is 80.9 Å². The van der Waals surface area contributed by atoms with Crippen molar-refractivity contribution in [2.24, 2.45) is 4.99 Å². The van der Waals surface area contributed by atoms with Crippen molar-refractivity contribution in [3.8, 4) is 5.75 Å². The molecule has 0 fully saturated rings. The standard InChI is InChI=1S/C27H21ClN2O4S/c1-3-34-26(33)23-15(2)29-27-30(24(23)17-8-11-18(28)12-9-17)25(32)22(35-27)14-20-19-7-5-4-6-16(19)10-13-21(20)31/h4-14,24,31H,3H2,1-2H3/b22-14-/t24-/m1/s1. The number of esters is 1. The third-order valence-corrected chi connectivity index (χ3v) is 7.16. The van der Waals surface area contributed by atoms with Gasteiger partial charge in [0.2, 0.25) is 0 Å². The summed E-state index contributed by atoms with van der Waals surface area (Å²) >= 11 is 7.31. The molecule has 1 aromatic heterocycles. The average molecular weight is 505 g/mol. The third-order valence-electron chi connectivity index (χ3n) is 5.93. The van der Waals surface area contributed by atoms with E-state index in [9.17, 15) is 14.7 Å². The van der Waals surface area contributed by atoms with Gasteiger partial charge in [0.25, 0.3) is 5.56 Å². The van der Waals surface area contributed by atoms with E-state index in [0.717, 1.165) is 10.8 Å². The summed E-state index contributed by atoms with van der Waals surface area (Å²) in [5, 5.41) is 12.9. The fourth-order valence-corrected chi connectivity index (χ4v) is 5.47.